The van der Waals surface area contributed by atoms with Gasteiger partial charge in [-0.1, -0.05) is 76.0 Å². The molecule has 3 rings (SSSR count). The molecule has 0 aromatic heterocycles. The average Bonchev–Trinajstić information content (AvgIpc) is 3.15. The lowest BCUT2D eigenvalue weighted by molar-refractivity contribution is -0.148. The minimum atomic E-state index is -1.83. The van der Waals surface area contributed by atoms with E-state index in [0.717, 1.165) is 18.4 Å². The SMILES string of the molecule is CCCCOc1cc(Cl)c(NC(C)=O)cc1NC(=O)C(C(=O)C(C)(C)C)N1C(=O)C(OC)N(Cc2ccccc2)C1=O. The summed E-state index contributed by atoms with van der Waals surface area (Å²) in [6.45, 7) is 8.39. The van der Waals surface area contributed by atoms with Crippen molar-refractivity contribution in [2.75, 3.05) is 24.4 Å². The Hall–Kier alpha value is -3.96. The van der Waals surface area contributed by atoms with Gasteiger partial charge in [0.25, 0.3) is 11.8 Å². The van der Waals surface area contributed by atoms with Crippen molar-refractivity contribution in [2.45, 2.75) is 66.3 Å². The average molecular weight is 601 g/mol. The molecule has 1 aliphatic heterocycles. The molecule has 1 saturated heterocycles. The van der Waals surface area contributed by atoms with Crippen LogP contribution in [0.4, 0.5) is 16.2 Å². The maximum absolute atomic E-state index is 13.9. The zero-order valence-corrected chi connectivity index (χ0v) is 25.4. The second kappa shape index (κ2) is 13.8. The molecule has 1 heterocycles. The number of hydrogen-bond acceptors (Lipinski definition) is 7. The lowest BCUT2D eigenvalue weighted by Gasteiger charge is -2.29. The van der Waals surface area contributed by atoms with Crippen molar-refractivity contribution in [2.24, 2.45) is 5.41 Å². The number of carbonyl (C=O) groups is 5. The van der Waals surface area contributed by atoms with Crippen molar-refractivity contribution >= 4 is 52.5 Å². The summed E-state index contributed by atoms with van der Waals surface area (Å²) in [4.78, 5) is 68.5. The van der Waals surface area contributed by atoms with Crippen molar-refractivity contribution in [3.05, 3.63) is 53.1 Å². The molecule has 2 atom stereocenters. The number of imide groups is 1. The molecule has 2 unspecified atom stereocenters. The number of rotatable bonds is 12. The minimum absolute atomic E-state index is 0.0190. The molecule has 0 aliphatic carbocycles. The second-order valence-corrected chi connectivity index (χ2v) is 11.3. The van der Waals surface area contributed by atoms with Gasteiger partial charge in [0, 0.05) is 25.5 Å². The number of unbranched alkanes of at least 4 members (excludes halogenated alkanes) is 1. The highest BCUT2D eigenvalue weighted by Crippen LogP contribution is 2.36. The quantitative estimate of drug-likeness (QED) is 0.202. The third-order valence-electron chi connectivity index (χ3n) is 6.49. The van der Waals surface area contributed by atoms with Gasteiger partial charge in [-0.3, -0.25) is 24.1 Å². The molecule has 226 valence electrons. The lowest BCUT2D eigenvalue weighted by atomic mass is 9.85. The Balaban J connectivity index is 2.04. The zero-order valence-electron chi connectivity index (χ0n) is 24.7. The Bertz CT molecular complexity index is 1340. The summed E-state index contributed by atoms with van der Waals surface area (Å²) in [6, 6.07) is 9.13. The number of urea groups is 1. The Morgan fingerprint density at radius 1 is 1.05 bits per heavy atom. The van der Waals surface area contributed by atoms with Gasteiger partial charge >= 0.3 is 6.03 Å². The molecule has 11 nitrogen and oxygen atoms in total. The van der Waals surface area contributed by atoms with Crippen LogP contribution in [-0.2, 0) is 30.5 Å². The fourth-order valence-electron chi connectivity index (χ4n) is 4.33. The first-order chi connectivity index (χ1) is 19.8. The smallest absolute Gasteiger partial charge is 0.330 e. The van der Waals surface area contributed by atoms with Crippen molar-refractivity contribution < 1.29 is 33.4 Å². The zero-order chi connectivity index (χ0) is 31.2. The predicted molar refractivity (Wildman–Crippen MR) is 158 cm³/mol. The number of ketones is 1. The number of anilines is 2. The van der Waals surface area contributed by atoms with Gasteiger partial charge in [-0.25, -0.2) is 9.69 Å². The van der Waals surface area contributed by atoms with Crippen molar-refractivity contribution in [3.63, 3.8) is 0 Å². The largest absolute Gasteiger partial charge is 0.491 e. The van der Waals surface area contributed by atoms with Crippen molar-refractivity contribution in [1.82, 2.24) is 9.80 Å². The summed E-state index contributed by atoms with van der Waals surface area (Å²) >= 11 is 6.35. The Morgan fingerprint density at radius 2 is 1.71 bits per heavy atom. The fourth-order valence-corrected chi connectivity index (χ4v) is 4.53. The van der Waals surface area contributed by atoms with Crippen LogP contribution in [0.5, 0.6) is 5.75 Å². The van der Waals surface area contributed by atoms with E-state index in [4.69, 9.17) is 21.1 Å². The minimum Gasteiger partial charge on any atom is -0.491 e. The van der Waals surface area contributed by atoms with Gasteiger partial charge < -0.3 is 20.1 Å². The highest BCUT2D eigenvalue weighted by Gasteiger charge is 2.54. The predicted octanol–water partition coefficient (Wildman–Crippen LogP) is 4.84. The standard InChI is InChI=1S/C30H37ClN4O7/c1-7-8-14-42-23-15-20(31)21(32-18(2)36)16-22(23)33-26(38)24(25(37)30(3,4)5)35-27(39)28(41-6)34(29(35)40)17-19-12-10-9-11-13-19/h9-13,15-16,24,28H,7-8,14,17H2,1-6H3,(H,32,36)(H,33,38). The normalized spacial score (nSPS) is 15.9. The molecule has 1 fully saturated rings. The maximum atomic E-state index is 13.9. The number of benzene rings is 2. The van der Waals surface area contributed by atoms with E-state index in [2.05, 4.69) is 10.6 Å². The Kier molecular flexibility index (Phi) is 10.7. The van der Waals surface area contributed by atoms with Gasteiger partial charge in [0.15, 0.2) is 11.8 Å². The van der Waals surface area contributed by atoms with E-state index in [9.17, 15) is 24.0 Å². The molecule has 0 bridgehead atoms. The Labute approximate surface area is 250 Å². The molecule has 12 heteroatoms. The molecule has 2 N–H and O–H groups in total. The molecule has 2 aromatic carbocycles. The number of halogens is 1. The number of nitrogens with one attached hydrogen (secondary N) is 2. The summed E-state index contributed by atoms with van der Waals surface area (Å²) in [5, 5.41) is 5.40. The van der Waals surface area contributed by atoms with E-state index in [1.807, 2.05) is 13.0 Å². The first-order valence-corrected chi connectivity index (χ1v) is 14.0. The lowest BCUT2D eigenvalue weighted by Crippen LogP contribution is -2.55. The van der Waals surface area contributed by atoms with Crippen LogP contribution in [0.25, 0.3) is 0 Å². The van der Waals surface area contributed by atoms with Crippen LogP contribution < -0.4 is 15.4 Å². The molecule has 0 radical (unpaired) electrons. The summed E-state index contributed by atoms with van der Waals surface area (Å²) in [6.07, 6.45) is 0.229. The van der Waals surface area contributed by atoms with E-state index < -0.39 is 47.2 Å². The van der Waals surface area contributed by atoms with Crippen LogP contribution in [-0.4, -0.2) is 65.3 Å². The summed E-state index contributed by atoms with van der Waals surface area (Å²) in [5.41, 5.74) is -0.0895. The van der Waals surface area contributed by atoms with E-state index in [-0.39, 0.29) is 28.7 Å². The van der Waals surface area contributed by atoms with Gasteiger partial charge in [0.2, 0.25) is 12.1 Å². The maximum Gasteiger partial charge on any atom is 0.330 e. The van der Waals surface area contributed by atoms with Crippen molar-refractivity contribution in [3.8, 4) is 5.75 Å². The molecule has 2 aromatic rings. The number of Topliss-reactive ketones (excluding diaryl/α,β-unsaturated/α-hetero) is 1. The van der Waals surface area contributed by atoms with E-state index >= 15 is 0 Å². The third-order valence-corrected chi connectivity index (χ3v) is 6.80. The number of ether oxygens (including phenoxy) is 2. The number of hydrogen-bond donors (Lipinski definition) is 2. The topological polar surface area (TPSA) is 134 Å². The highest BCUT2D eigenvalue weighted by atomic mass is 35.5. The van der Waals surface area contributed by atoms with Gasteiger partial charge in [0.05, 0.1) is 29.5 Å². The van der Waals surface area contributed by atoms with Crippen LogP contribution in [0.15, 0.2) is 42.5 Å². The van der Waals surface area contributed by atoms with E-state index in [1.54, 1.807) is 45.0 Å². The molecule has 42 heavy (non-hydrogen) atoms. The van der Waals surface area contributed by atoms with E-state index in [1.165, 1.54) is 31.1 Å². The summed E-state index contributed by atoms with van der Waals surface area (Å²) in [7, 11) is 1.27. The number of amides is 5. The third kappa shape index (κ3) is 7.46. The molecule has 0 saturated carbocycles. The summed E-state index contributed by atoms with van der Waals surface area (Å²) < 4.78 is 11.2. The van der Waals surface area contributed by atoms with Crippen LogP contribution >= 0.6 is 11.6 Å². The van der Waals surface area contributed by atoms with Crippen LogP contribution in [0.3, 0.4) is 0 Å². The first kappa shape index (κ1) is 32.6. The summed E-state index contributed by atoms with van der Waals surface area (Å²) in [5.74, 6) is -2.65. The Morgan fingerprint density at radius 3 is 2.29 bits per heavy atom. The van der Waals surface area contributed by atoms with Crippen LogP contribution in [0, 0.1) is 5.41 Å². The molecule has 5 amide bonds. The van der Waals surface area contributed by atoms with Gasteiger partial charge in [-0.05, 0) is 18.1 Å². The van der Waals surface area contributed by atoms with Crippen LogP contribution in [0.2, 0.25) is 5.02 Å². The first-order valence-electron chi connectivity index (χ1n) is 13.6. The molecule has 0 spiro atoms. The monoisotopic (exact) mass is 600 g/mol. The van der Waals surface area contributed by atoms with Crippen molar-refractivity contribution in [1.29, 1.82) is 0 Å². The molecule has 1 aliphatic rings. The number of carbonyl (C=O) groups excluding carboxylic acids is 5. The van der Waals surface area contributed by atoms with E-state index in [0.29, 0.717) is 11.5 Å². The van der Waals surface area contributed by atoms with Gasteiger partial charge in [-0.2, -0.15) is 0 Å². The van der Waals surface area contributed by atoms with Gasteiger partial charge in [0.1, 0.15) is 5.75 Å². The molecular formula is C30H37ClN4O7. The molecular weight excluding hydrogens is 564 g/mol. The fraction of sp³-hybridized carbons (Fsp3) is 0.433. The number of nitrogens with zero attached hydrogens (tertiary/aromatic N) is 2. The van der Waals surface area contributed by atoms with Gasteiger partial charge in [-0.15, -0.1) is 0 Å². The van der Waals surface area contributed by atoms with Crippen LogP contribution in [0.1, 0.15) is 53.0 Å². The highest BCUT2D eigenvalue weighted by molar-refractivity contribution is 6.34. The number of methoxy groups -OCH3 is 1. The second-order valence-electron chi connectivity index (χ2n) is 10.9.